The summed E-state index contributed by atoms with van der Waals surface area (Å²) in [5.41, 5.74) is 2.14. The van der Waals surface area contributed by atoms with E-state index in [-0.39, 0.29) is 0 Å². The van der Waals surface area contributed by atoms with E-state index in [4.69, 9.17) is 0 Å². The second-order valence-corrected chi connectivity index (χ2v) is 5.22. The van der Waals surface area contributed by atoms with E-state index in [2.05, 4.69) is 33.0 Å². The second kappa shape index (κ2) is 5.38. The van der Waals surface area contributed by atoms with E-state index < -0.39 is 0 Å². The van der Waals surface area contributed by atoms with Crippen molar-refractivity contribution >= 4 is 5.69 Å². The van der Waals surface area contributed by atoms with Crippen molar-refractivity contribution in [2.24, 2.45) is 5.92 Å². The first kappa shape index (κ1) is 12.1. The van der Waals surface area contributed by atoms with E-state index in [1.165, 1.54) is 25.7 Å². The molecule has 1 fully saturated rings. The summed E-state index contributed by atoms with van der Waals surface area (Å²) < 4.78 is 1.75. The zero-order chi connectivity index (χ0) is 13.1. The number of anilines is 1. The van der Waals surface area contributed by atoms with E-state index in [9.17, 15) is 0 Å². The average molecular weight is 257 g/mol. The van der Waals surface area contributed by atoms with Crippen molar-refractivity contribution in [3.63, 3.8) is 0 Å². The van der Waals surface area contributed by atoms with Crippen molar-refractivity contribution in [3.8, 4) is 5.69 Å². The van der Waals surface area contributed by atoms with Crippen molar-refractivity contribution in [3.05, 3.63) is 30.1 Å². The molecular formula is C14H19N5. The van der Waals surface area contributed by atoms with Crippen LogP contribution in [0.1, 0.15) is 31.5 Å². The third-order valence-electron chi connectivity index (χ3n) is 3.79. The number of nitrogens with one attached hydrogen (secondary N) is 1. The van der Waals surface area contributed by atoms with Crippen molar-refractivity contribution in [2.75, 3.05) is 11.9 Å². The van der Waals surface area contributed by atoms with Crippen LogP contribution in [-0.2, 0) is 0 Å². The number of hydrogen-bond acceptors (Lipinski definition) is 4. The van der Waals surface area contributed by atoms with Gasteiger partial charge in [-0.05, 0) is 54.3 Å². The molecule has 0 unspecified atom stereocenters. The van der Waals surface area contributed by atoms with Gasteiger partial charge in [0.05, 0.1) is 5.69 Å². The fourth-order valence-corrected chi connectivity index (χ4v) is 2.69. The summed E-state index contributed by atoms with van der Waals surface area (Å²) in [5.74, 6) is 1.63. The molecule has 1 heterocycles. The molecule has 1 N–H and O–H groups in total. The third-order valence-corrected chi connectivity index (χ3v) is 3.79. The van der Waals surface area contributed by atoms with E-state index >= 15 is 0 Å². The highest BCUT2D eigenvalue weighted by atomic mass is 15.5. The second-order valence-electron chi connectivity index (χ2n) is 5.22. The minimum Gasteiger partial charge on any atom is -0.385 e. The fourth-order valence-electron chi connectivity index (χ4n) is 2.69. The minimum absolute atomic E-state index is 0.799. The Morgan fingerprint density at radius 3 is 2.89 bits per heavy atom. The van der Waals surface area contributed by atoms with Gasteiger partial charge in [0.2, 0.25) is 0 Å². The molecular weight excluding hydrogens is 238 g/mol. The van der Waals surface area contributed by atoms with Crippen molar-refractivity contribution in [1.82, 2.24) is 20.2 Å². The van der Waals surface area contributed by atoms with Crippen LogP contribution < -0.4 is 5.32 Å². The van der Waals surface area contributed by atoms with Crippen molar-refractivity contribution in [1.29, 1.82) is 0 Å². The maximum Gasteiger partial charge on any atom is 0.153 e. The molecule has 5 nitrogen and oxygen atoms in total. The quantitative estimate of drug-likeness (QED) is 0.914. The number of benzene rings is 1. The normalized spacial score (nSPS) is 15.8. The topological polar surface area (TPSA) is 55.6 Å². The predicted octanol–water partition coefficient (Wildman–Crippen LogP) is 2.57. The lowest BCUT2D eigenvalue weighted by molar-refractivity contribution is 0.580. The predicted molar refractivity (Wildman–Crippen MR) is 74.3 cm³/mol. The first-order chi connectivity index (χ1) is 9.33. The lowest BCUT2D eigenvalue weighted by atomic mass is 10.1. The summed E-state index contributed by atoms with van der Waals surface area (Å²) in [6, 6.07) is 8.24. The highest BCUT2D eigenvalue weighted by Gasteiger charge is 2.14. The summed E-state index contributed by atoms with van der Waals surface area (Å²) in [7, 11) is 0. The molecule has 1 aromatic heterocycles. The molecule has 0 aliphatic heterocycles. The maximum absolute atomic E-state index is 3.99. The van der Waals surface area contributed by atoms with Crippen molar-refractivity contribution < 1.29 is 0 Å². The lowest BCUT2D eigenvalue weighted by Gasteiger charge is -2.12. The van der Waals surface area contributed by atoms with Crippen LogP contribution in [0.25, 0.3) is 5.69 Å². The molecule has 1 saturated carbocycles. The standard InChI is InChI=1S/C14H19N5/c1-11-16-17-18-19(11)14-8-4-7-13(9-14)15-10-12-5-2-3-6-12/h4,7-9,12,15H,2-3,5-6,10H2,1H3. The molecule has 1 aliphatic rings. The number of aryl methyl sites for hydroxylation is 1. The third kappa shape index (κ3) is 2.75. The first-order valence-electron chi connectivity index (χ1n) is 6.92. The SMILES string of the molecule is Cc1nnnn1-c1cccc(NCC2CCCC2)c1. The molecule has 0 radical (unpaired) electrons. The summed E-state index contributed by atoms with van der Waals surface area (Å²) in [5, 5.41) is 15.1. The molecule has 0 amide bonds. The van der Waals surface area contributed by atoms with Crippen LogP contribution in [0.2, 0.25) is 0 Å². The average Bonchev–Trinajstić information content (AvgIpc) is 3.08. The Balaban J connectivity index is 1.71. The van der Waals surface area contributed by atoms with Crippen LogP contribution in [0.15, 0.2) is 24.3 Å². The van der Waals surface area contributed by atoms with Gasteiger partial charge < -0.3 is 5.32 Å². The molecule has 1 aliphatic carbocycles. The highest BCUT2D eigenvalue weighted by molar-refractivity contribution is 5.51. The molecule has 0 saturated heterocycles. The number of nitrogens with zero attached hydrogens (tertiary/aromatic N) is 4. The Hall–Kier alpha value is -1.91. The molecule has 0 atom stereocenters. The van der Waals surface area contributed by atoms with Crippen LogP contribution in [-0.4, -0.2) is 26.8 Å². The van der Waals surface area contributed by atoms with Crippen LogP contribution in [0.3, 0.4) is 0 Å². The van der Waals surface area contributed by atoms with Gasteiger partial charge in [0, 0.05) is 12.2 Å². The summed E-state index contributed by atoms with van der Waals surface area (Å²) in [6.45, 7) is 2.97. The maximum atomic E-state index is 3.99. The van der Waals surface area contributed by atoms with Gasteiger partial charge in [0.15, 0.2) is 5.82 Å². The van der Waals surface area contributed by atoms with E-state index in [1.54, 1.807) is 4.68 Å². The van der Waals surface area contributed by atoms with Crippen LogP contribution in [0, 0.1) is 12.8 Å². The minimum atomic E-state index is 0.799. The molecule has 0 bridgehead atoms. The van der Waals surface area contributed by atoms with Crippen LogP contribution >= 0.6 is 0 Å². The molecule has 1 aromatic carbocycles. The molecule has 100 valence electrons. The van der Waals surface area contributed by atoms with Gasteiger partial charge >= 0.3 is 0 Å². The fraction of sp³-hybridized carbons (Fsp3) is 0.500. The molecule has 19 heavy (non-hydrogen) atoms. The van der Waals surface area contributed by atoms with E-state index in [1.807, 2.05) is 19.1 Å². The number of rotatable bonds is 4. The van der Waals surface area contributed by atoms with Gasteiger partial charge in [-0.15, -0.1) is 5.10 Å². The highest BCUT2D eigenvalue weighted by Crippen LogP contribution is 2.25. The molecule has 5 heteroatoms. The number of tetrazole rings is 1. The zero-order valence-electron chi connectivity index (χ0n) is 11.2. The van der Waals surface area contributed by atoms with Crippen LogP contribution in [0.4, 0.5) is 5.69 Å². The Kier molecular flexibility index (Phi) is 3.44. The Labute approximate surface area is 113 Å². The van der Waals surface area contributed by atoms with Gasteiger partial charge in [-0.3, -0.25) is 0 Å². The van der Waals surface area contributed by atoms with E-state index in [0.717, 1.165) is 29.7 Å². The van der Waals surface area contributed by atoms with Crippen LogP contribution in [0.5, 0.6) is 0 Å². The lowest BCUT2D eigenvalue weighted by Crippen LogP contribution is -2.11. The summed E-state index contributed by atoms with van der Waals surface area (Å²) >= 11 is 0. The Bertz CT molecular complexity index is 542. The van der Waals surface area contributed by atoms with Gasteiger partial charge in [-0.2, -0.15) is 4.68 Å². The zero-order valence-corrected chi connectivity index (χ0v) is 11.2. The van der Waals surface area contributed by atoms with Gasteiger partial charge in [-0.25, -0.2) is 0 Å². The summed E-state index contributed by atoms with van der Waals surface area (Å²) in [6.07, 6.45) is 5.49. The van der Waals surface area contributed by atoms with Gasteiger partial charge in [0.25, 0.3) is 0 Å². The molecule has 0 spiro atoms. The monoisotopic (exact) mass is 257 g/mol. The van der Waals surface area contributed by atoms with Gasteiger partial charge in [-0.1, -0.05) is 18.9 Å². The molecule has 2 aromatic rings. The Morgan fingerprint density at radius 2 is 2.16 bits per heavy atom. The number of aromatic nitrogens is 4. The summed E-state index contributed by atoms with van der Waals surface area (Å²) in [4.78, 5) is 0. The Morgan fingerprint density at radius 1 is 1.32 bits per heavy atom. The van der Waals surface area contributed by atoms with Crippen molar-refractivity contribution in [2.45, 2.75) is 32.6 Å². The first-order valence-corrected chi connectivity index (χ1v) is 6.92. The smallest absolute Gasteiger partial charge is 0.153 e. The largest absolute Gasteiger partial charge is 0.385 e. The van der Waals surface area contributed by atoms with Gasteiger partial charge in [0.1, 0.15) is 0 Å². The number of hydrogen-bond donors (Lipinski definition) is 1. The molecule has 3 rings (SSSR count). The van der Waals surface area contributed by atoms with E-state index in [0.29, 0.717) is 0 Å².